The Kier molecular flexibility index (Phi) is 4.60. The number of fused-ring (bicyclic) bond motifs is 12. The summed E-state index contributed by atoms with van der Waals surface area (Å²) in [5, 5.41) is 6.58. The molecule has 11 rings (SSSR count). The van der Waals surface area contributed by atoms with Crippen LogP contribution in [0.15, 0.2) is 143 Å². The minimum absolute atomic E-state index is 0.210. The molecule has 0 amide bonds. The predicted octanol–water partition coefficient (Wildman–Crippen LogP) is 10.1. The second kappa shape index (κ2) is 8.73. The van der Waals surface area contributed by atoms with E-state index >= 15 is 0 Å². The maximum Gasteiger partial charge on any atom is 0.136 e. The summed E-state index contributed by atoms with van der Waals surface area (Å²) in [5.74, 6) is 0.304. The molecule has 0 fully saturated rings. The topological polar surface area (TPSA) is 60.2 Å². The third-order valence-corrected chi connectivity index (χ3v) is 9.90. The van der Waals surface area contributed by atoms with E-state index in [9.17, 15) is 0 Å². The van der Waals surface area contributed by atoms with Gasteiger partial charge in [-0.25, -0.2) is 0 Å². The van der Waals surface area contributed by atoms with Crippen LogP contribution < -0.4 is 4.90 Å². The molecule has 6 nitrogen and oxygen atoms in total. The Bertz CT molecular complexity index is 2740. The Hall–Kier alpha value is -6.14. The van der Waals surface area contributed by atoms with Gasteiger partial charge >= 0.3 is 0 Å². The van der Waals surface area contributed by atoms with Crippen molar-refractivity contribution in [1.29, 1.82) is 0 Å². The normalized spacial score (nSPS) is 17.3. The summed E-state index contributed by atoms with van der Waals surface area (Å²) in [6.07, 6.45) is 16.5. The zero-order valence-electron chi connectivity index (χ0n) is 24.5. The van der Waals surface area contributed by atoms with Crippen molar-refractivity contribution in [2.75, 3.05) is 4.90 Å². The molecule has 0 saturated carbocycles. The molecule has 2 atom stereocenters. The molecular formula is C40H24N4O2. The first kappa shape index (κ1) is 24.2. The lowest BCUT2D eigenvalue weighted by Gasteiger charge is -2.28. The van der Waals surface area contributed by atoms with Gasteiger partial charge in [-0.05, 0) is 72.3 Å². The highest BCUT2D eigenvalue weighted by Gasteiger charge is 2.37. The largest absolute Gasteiger partial charge is 0.456 e. The molecule has 1 aliphatic heterocycles. The summed E-state index contributed by atoms with van der Waals surface area (Å²) in [5.41, 5.74) is 10.2. The third-order valence-electron chi connectivity index (χ3n) is 9.90. The molecule has 216 valence electrons. The Morgan fingerprint density at radius 3 is 2.07 bits per heavy atom. The fourth-order valence-electron chi connectivity index (χ4n) is 7.89. The monoisotopic (exact) mass is 592 g/mol. The average molecular weight is 593 g/mol. The van der Waals surface area contributed by atoms with Crippen LogP contribution in [0, 0.1) is 0 Å². The molecule has 6 heteroatoms. The van der Waals surface area contributed by atoms with E-state index in [0.29, 0.717) is 5.92 Å². The van der Waals surface area contributed by atoms with Gasteiger partial charge in [0, 0.05) is 62.0 Å². The molecule has 6 heterocycles. The van der Waals surface area contributed by atoms with Crippen LogP contribution in [0.25, 0.3) is 71.4 Å². The summed E-state index contributed by atoms with van der Waals surface area (Å²) in [6.45, 7) is 0. The number of para-hydroxylation sites is 1. The van der Waals surface area contributed by atoms with Crippen molar-refractivity contribution in [3.05, 3.63) is 140 Å². The lowest BCUT2D eigenvalue weighted by Crippen LogP contribution is -2.28. The van der Waals surface area contributed by atoms with E-state index in [-0.39, 0.29) is 6.04 Å². The molecule has 5 aromatic heterocycles. The zero-order valence-corrected chi connectivity index (χ0v) is 24.5. The van der Waals surface area contributed by atoms with Gasteiger partial charge in [0.05, 0.1) is 35.2 Å². The first-order chi connectivity index (χ1) is 22.8. The lowest BCUT2D eigenvalue weighted by molar-refractivity contribution is 0.664. The van der Waals surface area contributed by atoms with Crippen LogP contribution in [0.4, 0.5) is 11.4 Å². The number of aromatic nitrogens is 3. The van der Waals surface area contributed by atoms with Crippen LogP contribution in [0.3, 0.4) is 0 Å². The molecule has 0 saturated heterocycles. The van der Waals surface area contributed by atoms with Crippen LogP contribution in [0.2, 0.25) is 0 Å². The lowest BCUT2D eigenvalue weighted by atomic mass is 9.92. The highest BCUT2D eigenvalue weighted by Crippen LogP contribution is 2.48. The van der Waals surface area contributed by atoms with Crippen molar-refractivity contribution >= 4 is 77.1 Å². The number of allylic oxidation sites excluding steroid dienone is 2. The first-order valence-electron chi connectivity index (χ1n) is 15.5. The number of hydrogen-bond acceptors (Lipinski definition) is 5. The number of furan rings is 2. The Morgan fingerprint density at radius 1 is 0.543 bits per heavy atom. The Labute approximate surface area is 262 Å². The van der Waals surface area contributed by atoms with Gasteiger partial charge in [-0.3, -0.25) is 9.97 Å². The maximum absolute atomic E-state index is 6.48. The van der Waals surface area contributed by atoms with E-state index in [2.05, 4.69) is 129 Å². The maximum atomic E-state index is 6.48. The fraction of sp³-hybridized carbons (Fsp3) is 0.0500. The zero-order chi connectivity index (χ0) is 29.9. The van der Waals surface area contributed by atoms with E-state index in [1.807, 2.05) is 24.8 Å². The van der Waals surface area contributed by atoms with Gasteiger partial charge in [0.15, 0.2) is 0 Å². The van der Waals surface area contributed by atoms with Crippen molar-refractivity contribution in [2.24, 2.45) is 0 Å². The smallest absolute Gasteiger partial charge is 0.136 e. The van der Waals surface area contributed by atoms with Gasteiger partial charge < -0.3 is 18.3 Å². The van der Waals surface area contributed by atoms with Gasteiger partial charge in [-0.1, -0.05) is 42.5 Å². The SMILES string of the molecule is C1=CC2c3ccncc3N(c3ccc4oc5cc6c(cc5c4c3)oc3ccc(-n4c5ccccc5c5ccncc54)cc36)C2C=C1. The molecule has 9 aromatic rings. The molecule has 0 bridgehead atoms. The van der Waals surface area contributed by atoms with Gasteiger partial charge in [-0.2, -0.15) is 0 Å². The fourth-order valence-corrected chi connectivity index (χ4v) is 7.89. The molecule has 0 radical (unpaired) electrons. The Morgan fingerprint density at radius 2 is 1.22 bits per heavy atom. The van der Waals surface area contributed by atoms with E-state index in [0.717, 1.165) is 72.0 Å². The molecule has 0 N–H and O–H groups in total. The number of hydrogen-bond donors (Lipinski definition) is 0. The van der Waals surface area contributed by atoms with Crippen molar-refractivity contribution in [3.63, 3.8) is 0 Å². The minimum Gasteiger partial charge on any atom is -0.456 e. The highest BCUT2D eigenvalue weighted by molar-refractivity contribution is 6.16. The van der Waals surface area contributed by atoms with Gasteiger partial charge in [0.25, 0.3) is 0 Å². The Balaban J connectivity index is 1.09. The number of pyridine rings is 2. The van der Waals surface area contributed by atoms with Gasteiger partial charge in [0.2, 0.25) is 0 Å². The van der Waals surface area contributed by atoms with Crippen LogP contribution in [-0.4, -0.2) is 20.6 Å². The molecule has 1 aliphatic carbocycles. The quantitative estimate of drug-likeness (QED) is 0.200. The summed E-state index contributed by atoms with van der Waals surface area (Å²) in [6, 6.07) is 30.1. The van der Waals surface area contributed by atoms with E-state index in [4.69, 9.17) is 8.83 Å². The van der Waals surface area contributed by atoms with Crippen molar-refractivity contribution < 1.29 is 8.83 Å². The van der Waals surface area contributed by atoms with Crippen LogP contribution >= 0.6 is 0 Å². The van der Waals surface area contributed by atoms with E-state index in [1.165, 1.54) is 16.3 Å². The van der Waals surface area contributed by atoms with E-state index in [1.54, 1.807) is 0 Å². The van der Waals surface area contributed by atoms with E-state index < -0.39 is 0 Å². The second-order valence-corrected chi connectivity index (χ2v) is 12.2. The molecule has 2 unspecified atom stereocenters. The molecular weight excluding hydrogens is 568 g/mol. The summed E-state index contributed by atoms with van der Waals surface area (Å²) in [4.78, 5) is 11.3. The molecule has 0 spiro atoms. The van der Waals surface area contributed by atoms with Gasteiger partial charge in [0.1, 0.15) is 22.3 Å². The van der Waals surface area contributed by atoms with Crippen LogP contribution in [-0.2, 0) is 0 Å². The number of benzene rings is 4. The number of nitrogens with zero attached hydrogens (tertiary/aromatic N) is 4. The van der Waals surface area contributed by atoms with Gasteiger partial charge in [-0.15, -0.1) is 0 Å². The van der Waals surface area contributed by atoms with Crippen molar-refractivity contribution in [1.82, 2.24) is 14.5 Å². The predicted molar refractivity (Wildman–Crippen MR) is 184 cm³/mol. The van der Waals surface area contributed by atoms with Crippen molar-refractivity contribution in [2.45, 2.75) is 12.0 Å². The van der Waals surface area contributed by atoms with Crippen molar-refractivity contribution in [3.8, 4) is 5.69 Å². The third kappa shape index (κ3) is 3.15. The summed E-state index contributed by atoms with van der Waals surface area (Å²) in [7, 11) is 0. The minimum atomic E-state index is 0.210. The highest BCUT2D eigenvalue weighted by atomic mass is 16.3. The standard InChI is InChI=1S/C40H24N4O2/c1-3-7-33-25(5-1)27-13-15-41-21-35(27)43(33)23-9-11-37-29(17-23)31-19-40-32(20-39(31)45-37)30-18-24(10-12-38(30)46-40)44-34-8-4-2-6-26(34)28-14-16-42-22-36(28)44/h1-22,25,33H. The average Bonchev–Trinajstić information content (AvgIpc) is 3.84. The number of anilines is 2. The van der Waals surface area contributed by atoms with Crippen LogP contribution in [0.1, 0.15) is 11.5 Å². The number of rotatable bonds is 2. The molecule has 2 aliphatic rings. The molecule has 46 heavy (non-hydrogen) atoms. The summed E-state index contributed by atoms with van der Waals surface area (Å²) >= 11 is 0. The molecule has 4 aromatic carbocycles. The van der Waals surface area contributed by atoms with Crippen LogP contribution in [0.5, 0.6) is 0 Å². The first-order valence-corrected chi connectivity index (χ1v) is 15.5. The summed E-state index contributed by atoms with van der Waals surface area (Å²) < 4.78 is 15.2. The second-order valence-electron chi connectivity index (χ2n) is 12.2.